The van der Waals surface area contributed by atoms with Crippen LogP contribution >= 0.6 is 23.2 Å². The number of hydrogen-bond acceptors (Lipinski definition) is 3. The molecular formula is C22H16Cl2N2O2. The zero-order valence-corrected chi connectivity index (χ0v) is 16.2. The van der Waals surface area contributed by atoms with E-state index in [1.165, 1.54) is 0 Å². The smallest absolute Gasteiger partial charge is 0.128 e. The monoisotopic (exact) mass is 410 g/mol. The topological polar surface area (TPSA) is 58.1 Å². The molecule has 0 bridgehead atoms. The summed E-state index contributed by atoms with van der Waals surface area (Å²) in [7, 11) is 0. The number of aromatic nitrogens is 2. The van der Waals surface area contributed by atoms with Crippen molar-refractivity contribution in [3.05, 3.63) is 88.5 Å². The van der Waals surface area contributed by atoms with Gasteiger partial charge in [0, 0.05) is 32.8 Å². The zero-order chi connectivity index (χ0) is 19.5. The number of aromatic hydroxyl groups is 1. The fourth-order valence-corrected chi connectivity index (χ4v) is 3.47. The third-order valence-electron chi connectivity index (χ3n) is 4.41. The normalized spacial score (nSPS) is 10.8. The maximum absolute atomic E-state index is 10.6. The van der Waals surface area contributed by atoms with Crippen molar-refractivity contribution >= 4 is 23.2 Å². The van der Waals surface area contributed by atoms with Crippen LogP contribution in [0.2, 0.25) is 10.0 Å². The van der Waals surface area contributed by atoms with Gasteiger partial charge in [-0.2, -0.15) is 5.10 Å². The first-order valence-electron chi connectivity index (χ1n) is 8.61. The molecule has 0 saturated carbocycles. The lowest BCUT2D eigenvalue weighted by atomic mass is 10.0. The standard InChI is InChI=1S/C22H16Cl2N2O2/c23-19-7-4-8-20(24)18(19)13-28-15-9-10-16(21(27)11-15)22-17(12-25-26-22)14-5-2-1-3-6-14/h1-12,27H,13H2,(H,25,26). The van der Waals surface area contributed by atoms with Crippen LogP contribution in [0, 0.1) is 0 Å². The van der Waals surface area contributed by atoms with Crippen LogP contribution in [0.15, 0.2) is 72.9 Å². The molecule has 0 aliphatic heterocycles. The molecule has 140 valence electrons. The van der Waals surface area contributed by atoms with Crippen LogP contribution < -0.4 is 4.74 Å². The Labute approximate surface area is 172 Å². The van der Waals surface area contributed by atoms with Gasteiger partial charge in [0.1, 0.15) is 18.1 Å². The highest BCUT2D eigenvalue weighted by atomic mass is 35.5. The van der Waals surface area contributed by atoms with Crippen LogP contribution in [0.5, 0.6) is 11.5 Å². The average molecular weight is 411 g/mol. The highest BCUT2D eigenvalue weighted by Gasteiger charge is 2.14. The molecule has 0 spiro atoms. The maximum Gasteiger partial charge on any atom is 0.128 e. The van der Waals surface area contributed by atoms with Gasteiger partial charge in [-0.1, -0.05) is 59.6 Å². The Balaban J connectivity index is 1.59. The maximum atomic E-state index is 10.6. The van der Waals surface area contributed by atoms with E-state index in [1.807, 2.05) is 30.3 Å². The Morgan fingerprint density at radius 1 is 0.893 bits per heavy atom. The van der Waals surface area contributed by atoms with Crippen LogP contribution in [0.4, 0.5) is 0 Å². The third kappa shape index (κ3) is 3.70. The summed E-state index contributed by atoms with van der Waals surface area (Å²) in [6.07, 6.45) is 1.74. The van der Waals surface area contributed by atoms with Gasteiger partial charge in [-0.05, 0) is 29.8 Å². The molecule has 0 aliphatic carbocycles. The second-order valence-corrected chi connectivity index (χ2v) is 7.01. The predicted molar refractivity (Wildman–Crippen MR) is 112 cm³/mol. The molecule has 4 rings (SSSR count). The van der Waals surface area contributed by atoms with Crippen LogP contribution in [-0.2, 0) is 6.61 Å². The molecular weight excluding hydrogens is 395 g/mol. The van der Waals surface area contributed by atoms with E-state index < -0.39 is 0 Å². The highest BCUT2D eigenvalue weighted by molar-refractivity contribution is 6.35. The van der Waals surface area contributed by atoms with Gasteiger partial charge in [0.25, 0.3) is 0 Å². The van der Waals surface area contributed by atoms with Gasteiger partial charge in [-0.3, -0.25) is 5.10 Å². The zero-order valence-electron chi connectivity index (χ0n) is 14.7. The second kappa shape index (κ2) is 7.97. The Bertz CT molecular complexity index is 1090. The molecule has 0 amide bonds. The number of phenolic OH excluding ortho intramolecular Hbond substituents is 1. The van der Waals surface area contributed by atoms with Crippen LogP contribution in [0.25, 0.3) is 22.4 Å². The fourth-order valence-electron chi connectivity index (χ4n) is 2.97. The predicted octanol–water partition coefficient (Wildman–Crippen LogP) is 6.34. The summed E-state index contributed by atoms with van der Waals surface area (Å²) in [6.45, 7) is 0.205. The number of nitrogens with zero attached hydrogens (tertiary/aromatic N) is 1. The lowest BCUT2D eigenvalue weighted by Gasteiger charge is -2.11. The third-order valence-corrected chi connectivity index (χ3v) is 5.12. The number of H-pyrrole nitrogens is 1. The number of benzene rings is 3. The molecule has 0 aliphatic rings. The first-order valence-corrected chi connectivity index (χ1v) is 9.37. The molecule has 3 aromatic carbocycles. The van der Waals surface area contributed by atoms with E-state index in [-0.39, 0.29) is 12.4 Å². The van der Waals surface area contributed by atoms with Gasteiger partial charge in [0.05, 0.1) is 11.9 Å². The van der Waals surface area contributed by atoms with Crippen molar-refractivity contribution in [2.75, 3.05) is 0 Å². The minimum Gasteiger partial charge on any atom is -0.507 e. The number of rotatable bonds is 5. The lowest BCUT2D eigenvalue weighted by molar-refractivity contribution is 0.304. The summed E-state index contributed by atoms with van der Waals surface area (Å²) in [5.41, 5.74) is 4.00. The van der Waals surface area contributed by atoms with E-state index in [2.05, 4.69) is 10.2 Å². The van der Waals surface area contributed by atoms with Crippen molar-refractivity contribution < 1.29 is 9.84 Å². The molecule has 28 heavy (non-hydrogen) atoms. The minimum atomic E-state index is 0.0872. The number of hydrogen-bond donors (Lipinski definition) is 2. The number of ether oxygens (including phenoxy) is 1. The van der Waals surface area contributed by atoms with Gasteiger partial charge in [0.2, 0.25) is 0 Å². The molecule has 0 atom stereocenters. The van der Waals surface area contributed by atoms with E-state index in [0.29, 0.717) is 26.9 Å². The van der Waals surface area contributed by atoms with E-state index in [0.717, 1.165) is 16.8 Å². The lowest BCUT2D eigenvalue weighted by Crippen LogP contribution is -1.97. The first kappa shape index (κ1) is 18.4. The summed E-state index contributed by atoms with van der Waals surface area (Å²) >= 11 is 12.3. The Morgan fingerprint density at radius 2 is 1.64 bits per heavy atom. The number of aromatic amines is 1. The number of nitrogens with one attached hydrogen (secondary N) is 1. The molecule has 0 radical (unpaired) electrons. The second-order valence-electron chi connectivity index (χ2n) is 6.19. The van der Waals surface area contributed by atoms with Crippen LogP contribution in [0.1, 0.15) is 5.56 Å². The average Bonchev–Trinajstić information content (AvgIpc) is 3.18. The molecule has 1 aromatic heterocycles. The summed E-state index contributed by atoms with van der Waals surface area (Å²) in [6, 6.07) is 20.3. The summed E-state index contributed by atoms with van der Waals surface area (Å²) in [5.74, 6) is 0.599. The fraction of sp³-hybridized carbons (Fsp3) is 0.0455. The quantitative estimate of drug-likeness (QED) is 0.403. The van der Waals surface area contributed by atoms with Gasteiger partial charge < -0.3 is 9.84 Å². The van der Waals surface area contributed by atoms with Crippen molar-refractivity contribution in [2.24, 2.45) is 0 Å². The molecule has 4 nitrogen and oxygen atoms in total. The summed E-state index contributed by atoms with van der Waals surface area (Å²) in [4.78, 5) is 0. The highest BCUT2D eigenvalue weighted by Crippen LogP contribution is 2.37. The van der Waals surface area contributed by atoms with Gasteiger partial charge in [-0.25, -0.2) is 0 Å². The van der Waals surface area contributed by atoms with Crippen molar-refractivity contribution in [2.45, 2.75) is 6.61 Å². The molecule has 0 unspecified atom stereocenters. The van der Waals surface area contributed by atoms with Gasteiger partial charge in [0.15, 0.2) is 0 Å². The molecule has 0 saturated heterocycles. The van der Waals surface area contributed by atoms with Gasteiger partial charge in [-0.15, -0.1) is 0 Å². The number of halogens is 2. The van der Waals surface area contributed by atoms with Crippen molar-refractivity contribution in [3.8, 4) is 33.9 Å². The first-order chi connectivity index (χ1) is 13.6. The SMILES string of the molecule is Oc1cc(OCc2c(Cl)cccc2Cl)ccc1-c1[nH]ncc1-c1ccccc1. The Kier molecular flexibility index (Phi) is 5.24. The molecule has 6 heteroatoms. The van der Waals surface area contributed by atoms with Crippen molar-refractivity contribution in [1.82, 2.24) is 10.2 Å². The van der Waals surface area contributed by atoms with Crippen LogP contribution in [-0.4, -0.2) is 15.3 Å². The number of phenols is 1. The van der Waals surface area contributed by atoms with Crippen molar-refractivity contribution in [1.29, 1.82) is 0 Å². The van der Waals surface area contributed by atoms with E-state index in [1.54, 1.807) is 42.6 Å². The molecule has 1 heterocycles. The van der Waals surface area contributed by atoms with E-state index in [4.69, 9.17) is 27.9 Å². The molecule has 2 N–H and O–H groups in total. The Hall–Kier alpha value is -2.95. The molecule has 4 aromatic rings. The van der Waals surface area contributed by atoms with E-state index >= 15 is 0 Å². The van der Waals surface area contributed by atoms with E-state index in [9.17, 15) is 5.11 Å². The largest absolute Gasteiger partial charge is 0.507 e. The minimum absolute atomic E-state index is 0.0872. The van der Waals surface area contributed by atoms with Crippen LogP contribution in [0.3, 0.4) is 0 Å². The Morgan fingerprint density at radius 3 is 2.36 bits per heavy atom. The molecule has 0 fully saturated rings. The summed E-state index contributed by atoms with van der Waals surface area (Å²) in [5, 5.41) is 18.7. The summed E-state index contributed by atoms with van der Waals surface area (Å²) < 4.78 is 5.77. The van der Waals surface area contributed by atoms with Crippen molar-refractivity contribution in [3.63, 3.8) is 0 Å². The van der Waals surface area contributed by atoms with Gasteiger partial charge >= 0.3 is 0 Å².